The quantitative estimate of drug-likeness (QED) is 0.806. The van der Waals surface area contributed by atoms with Gasteiger partial charge in [0.2, 0.25) is 0 Å². The van der Waals surface area contributed by atoms with Gasteiger partial charge in [-0.25, -0.2) is 0 Å². The van der Waals surface area contributed by atoms with Gasteiger partial charge in [0.05, 0.1) is 11.3 Å². The number of alkyl halides is 3. The molecule has 1 aliphatic rings. The molecule has 24 heavy (non-hydrogen) atoms. The number of likely N-dealkylation sites (tertiary alicyclic amines) is 1. The number of amides is 2. The minimum Gasteiger partial charge on any atom is -0.331 e. The van der Waals surface area contributed by atoms with Crippen molar-refractivity contribution in [2.75, 3.05) is 11.9 Å². The van der Waals surface area contributed by atoms with E-state index >= 15 is 0 Å². The van der Waals surface area contributed by atoms with E-state index in [1.807, 2.05) is 6.92 Å². The third-order valence-electron chi connectivity index (χ3n) is 4.09. The van der Waals surface area contributed by atoms with Crippen LogP contribution < -0.4 is 5.32 Å². The van der Waals surface area contributed by atoms with Crippen molar-refractivity contribution in [2.45, 2.75) is 44.8 Å². The number of carbonyl (C=O) groups excluding carboxylic acids is 2. The summed E-state index contributed by atoms with van der Waals surface area (Å²) in [5.41, 5.74) is -1.56. The molecular formula is C16H18ClF3N2O2. The molecule has 2 rings (SSSR count). The first-order chi connectivity index (χ1) is 11.2. The normalized spacial score (nSPS) is 18.4. The molecule has 1 atom stereocenters. The summed E-state index contributed by atoms with van der Waals surface area (Å²) < 4.78 is 39.1. The van der Waals surface area contributed by atoms with Gasteiger partial charge in [0, 0.05) is 17.6 Å². The highest BCUT2D eigenvalue weighted by atomic mass is 35.5. The number of nitrogens with one attached hydrogen (secondary N) is 1. The number of rotatable bonds is 2. The molecule has 2 amide bonds. The van der Waals surface area contributed by atoms with Crippen LogP contribution in [-0.4, -0.2) is 29.3 Å². The van der Waals surface area contributed by atoms with Crippen molar-refractivity contribution in [3.8, 4) is 0 Å². The lowest BCUT2D eigenvalue weighted by molar-refractivity contribution is -0.146. The van der Waals surface area contributed by atoms with Gasteiger partial charge in [-0.1, -0.05) is 18.5 Å². The van der Waals surface area contributed by atoms with Crippen LogP contribution in [0.2, 0.25) is 5.02 Å². The minimum absolute atomic E-state index is 0.0516. The van der Waals surface area contributed by atoms with E-state index in [1.54, 1.807) is 0 Å². The first kappa shape index (κ1) is 18.6. The van der Waals surface area contributed by atoms with Gasteiger partial charge in [-0.05, 0) is 43.9 Å². The second-order valence-electron chi connectivity index (χ2n) is 5.70. The zero-order valence-corrected chi connectivity index (χ0v) is 13.9. The Hall–Kier alpha value is -1.76. The van der Waals surface area contributed by atoms with Gasteiger partial charge in [-0.2, -0.15) is 13.2 Å². The molecule has 1 aromatic carbocycles. The number of hydrogen-bond donors (Lipinski definition) is 1. The van der Waals surface area contributed by atoms with Crippen LogP contribution in [0, 0.1) is 0 Å². The molecule has 0 aromatic heterocycles. The smallest absolute Gasteiger partial charge is 0.331 e. The molecule has 132 valence electrons. The molecule has 1 heterocycles. The Kier molecular flexibility index (Phi) is 5.74. The number of carbonyl (C=O) groups is 2. The van der Waals surface area contributed by atoms with E-state index in [1.165, 1.54) is 11.0 Å². The molecule has 1 aromatic rings. The van der Waals surface area contributed by atoms with Crippen molar-refractivity contribution in [1.29, 1.82) is 0 Å². The minimum atomic E-state index is -4.69. The summed E-state index contributed by atoms with van der Waals surface area (Å²) >= 11 is 5.59. The lowest BCUT2D eigenvalue weighted by Crippen LogP contribution is -2.48. The van der Waals surface area contributed by atoms with Crippen molar-refractivity contribution >= 4 is 29.1 Å². The second-order valence-corrected chi connectivity index (χ2v) is 6.13. The van der Waals surface area contributed by atoms with Crippen molar-refractivity contribution in [2.24, 2.45) is 0 Å². The van der Waals surface area contributed by atoms with E-state index in [2.05, 4.69) is 5.32 Å². The van der Waals surface area contributed by atoms with E-state index in [0.717, 1.165) is 31.4 Å². The molecule has 0 bridgehead atoms. The molecule has 4 nitrogen and oxygen atoms in total. The predicted molar refractivity (Wildman–Crippen MR) is 84.7 cm³/mol. The van der Waals surface area contributed by atoms with E-state index in [-0.39, 0.29) is 11.1 Å². The molecule has 0 aliphatic carbocycles. The fraction of sp³-hybridized carbons (Fsp3) is 0.500. The van der Waals surface area contributed by atoms with Crippen LogP contribution in [0.25, 0.3) is 0 Å². The molecule has 1 saturated heterocycles. The molecule has 0 saturated carbocycles. The zero-order valence-electron chi connectivity index (χ0n) is 13.1. The summed E-state index contributed by atoms with van der Waals surface area (Å²) in [7, 11) is 0. The van der Waals surface area contributed by atoms with Crippen LogP contribution in [-0.2, 0) is 15.8 Å². The maximum absolute atomic E-state index is 13.0. The Morgan fingerprint density at radius 2 is 2.04 bits per heavy atom. The summed E-state index contributed by atoms with van der Waals surface area (Å²) in [6.45, 7) is 2.35. The zero-order chi connectivity index (χ0) is 17.9. The van der Waals surface area contributed by atoms with Gasteiger partial charge in [-0.3, -0.25) is 9.59 Å². The number of halogens is 4. The molecule has 1 aliphatic heterocycles. The molecule has 0 radical (unpaired) electrons. The summed E-state index contributed by atoms with van der Waals surface area (Å²) in [5.74, 6) is -1.87. The monoisotopic (exact) mass is 362 g/mol. The highest BCUT2D eigenvalue weighted by Gasteiger charge is 2.36. The van der Waals surface area contributed by atoms with Crippen LogP contribution >= 0.6 is 11.6 Å². The highest BCUT2D eigenvalue weighted by Crippen LogP contribution is 2.36. The number of benzene rings is 1. The Balaban J connectivity index is 2.19. The topological polar surface area (TPSA) is 49.4 Å². The third-order valence-corrected chi connectivity index (χ3v) is 4.32. The number of nitrogens with zero attached hydrogens (tertiary/aromatic N) is 1. The molecule has 1 fully saturated rings. The number of piperidine rings is 1. The van der Waals surface area contributed by atoms with Crippen LogP contribution in [0.4, 0.5) is 18.9 Å². The molecule has 8 heteroatoms. The van der Waals surface area contributed by atoms with Crippen LogP contribution in [0.15, 0.2) is 18.2 Å². The highest BCUT2D eigenvalue weighted by molar-refractivity contribution is 6.39. The van der Waals surface area contributed by atoms with Crippen LogP contribution in [0.5, 0.6) is 0 Å². The third kappa shape index (κ3) is 4.20. The standard InChI is InChI=1S/C16H18ClF3N2O2/c1-2-11-5-3-4-8-22(11)15(24)14(23)21-13-7-6-10(17)9-12(13)16(18,19)20/h6-7,9,11H,2-5,8H2,1H3,(H,21,23). The van der Waals surface area contributed by atoms with Crippen LogP contribution in [0.3, 0.4) is 0 Å². The molecule has 1 N–H and O–H groups in total. The number of hydrogen-bond acceptors (Lipinski definition) is 2. The maximum Gasteiger partial charge on any atom is 0.418 e. The summed E-state index contributed by atoms with van der Waals surface area (Å²) in [5, 5.41) is 1.97. The van der Waals surface area contributed by atoms with Gasteiger partial charge >= 0.3 is 18.0 Å². The van der Waals surface area contributed by atoms with Gasteiger partial charge in [-0.15, -0.1) is 0 Å². The first-order valence-corrected chi connectivity index (χ1v) is 8.10. The van der Waals surface area contributed by atoms with E-state index in [9.17, 15) is 22.8 Å². The van der Waals surface area contributed by atoms with Gasteiger partial charge in [0.1, 0.15) is 0 Å². The lowest BCUT2D eigenvalue weighted by atomic mass is 10.00. The van der Waals surface area contributed by atoms with Crippen molar-refractivity contribution < 1.29 is 22.8 Å². The molecule has 1 unspecified atom stereocenters. The summed E-state index contributed by atoms with van der Waals surface area (Å²) in [6, 6.07) is 2.94. The summed E-state index contributed by atoms with van der Waals surface area (Å²) in [6.07, 6.45) is -1.44. The van der Waals surface area contributed by atoms with Crippen LogP contribution in [0.1, 0.15) is 38.2 Å². The largest absolute Gasteiger partial charge is 0.418 e. The van der Waals surface area contributed by atoms with E-state index < -0.39 is 29.2 Å². The number of anilines is 1. The Labute approximate surface area is 143 Å². The van der Waals surface area contributed by atoms with Gasteiger partial charge in [0.25, 0.3) is 0 Å². The fourth-order valence-electron chi connectivity index (χ4n) is 2.86. The average molecular weight is 363 g/mol. The Morgan fingerprint density at radius 3 is 2.67 bits per heavy atom. The van der Waals surface area contributed by atoms with Gasteiger partial charge in [0.15, 0.2) is 0 Å². The lowest BCUT2D eigenvalue weighted by Gasteiger charge is -2.34. The summed E-state index contributed by atoms with van der Waals surface area (Å²) in [4.78, 5) is 25.9. The van der Waals surface area contributed by atoms with Crippen molar-refractivity contribution in [3.63, 3.8) is 0 Å². The Morgan fingerprint density at radius 1 is 1.33 bits per heavy atom. The maximum atomic E-state index is 13.0. The van der Waals surface area contributed by atoms with Gasteiger partial charge < -0.3 is 10.2 Å². The van der Waals surface area contributed by atoms with Crippen molar-refractivity contribution in [3.05, 3.63) is 28.8 Å². The first-order valence-electron chi connectivity index (χ1n) is 7.72. The SMILES string of the molecule is CCC1CCCCN1C(=O)C(=O)Nc1ccc(Cl)cc1C(F)(F)F. The second kappa shape index (κ2) is 7.42. The Bertz CT molecular complexity index is 634. The molecular weight excluding hydrogens is 345 g/mol. The fourth-order valence-corrected chi connectivity index (χ4v) is 3.03. The van der Waals surface area contributed by atoms with Crippen molar-refractivity contribution in [1.82, 2.24) is 4.90 Å². The average Bonchev–Trinajstić information content (AvgIpc) is 2.54. The van der Waals surface area contributed by atoms with E-state index in [4.69, 9.17) is 11.6 Å². The predicted octanol–water partition coefficient (Wildman–Crippen LogP) is 4.09. The van der Waals surface area contributed by atoms with E-state index in [0.29, 0.717) is 13.0 Å². The molecule has 0 spiro atoms.